The molecule has 0 spiro atoms. The first kappa shape index (κ1) is 12.0. The number of hydrogen-bond donors (Lipinski definition) is 0. The quantitative estimate of drug-likeness (QED) is 0.803. The zero-order valence-corrected chi connectivity index (χ0v) is 11.0. The van der Waals surface area contributed by atoms with E-state index in [4.69, 9.17) is 16.3 Å². The van der Waals surface area contributed by atoms with Crippen LogP contribution in [0.5, 0.6) is 5.75 Å². The lowest BCUT2D eigenvalue weighted by Gasteiger charge is -2.27. The molecule has 4 nitrogen and oxygen atoms in total. The predicted octanol–water partition coefficient (Wildman–Crippen LogP) is 2.76. The molecule has 1 aromatic carbocycles. The third-order valence-corrected chi connectivity index (χ3v) is 3.50. The van der Waals surface area contributed by atoms with Crippen LogP contribution in [0.1, 0.15) is 0 Å². The smallest absolute Gasteiger partial charge is 0.264 e. The highest BCUT2D eigenvalue weighted by molar-refractivity contribution is 6.35. The summed E-state index contributed by atoms with van der Waals surface area (Å²) < 4.78 is 5.46. The summed E-state index contributed by atoms with van der Waals surface area (Å²) in [6.45, 7) is 0.0136. The van der Waals surface area contributed by atoms with E-state index in [9.17, 15) is 4.79 Å². The van der Waals surface area contributed by atoms with Crippen LogP contribution in [0.4, 0.5) is 5.69 Å². The van der Waals surface area contributed by atoms with Crippen LogP contribution in [0.3, 0.4) is 0 Å². The summed E-state index contributed by atoms with van der Waals surface area (Å²) in [5, 5.41) is 0.504. The second kappa shape index (κ2) is 4.55. The minimum absolute atomic E-state index is 0.0136. The van der Waals surface area contributed by atoms with Gasteiger partial charge in [0.05, 0.1) is 10.7 Å². The molecule has 2 heterocycles. The first-order chi connectivity index (χ1) is 9.18. The van der Waals surface area contributed by atoms with Gasteiger partial charge in [0.15, 0.2) is 12.4 Å². The van der Waals surface area contributed by atoms with E-state index >= 15 is 0 Å². The number of ether oxygens (including phenoxy) is 1. The number of nitrogens with zero attached hydrogens (tertiary/aromatic N) is 2. The Labute approximate surface area is 115 Å². The van der Waals surface area contributed by atoms with Gasteiger partial charge in [0.25, 0.3) is 5.91 Å². The maximum Gasteiger partial charge on any atom is 0.264 e. The van der Waals surface area contributed by atoms with Gasteiger partial charge in [0.1, 0.15) is 0 Å². The fraction of sp³-hybridized carbons (Fsp3) is 0.143. The molecule has 1 aliphatic rings. The van der Waals surface area contributed by atoms with Crippen LogP contribution in [0, 0.1) is 0 Å². The number of aromatic nitrogens is 1. The fourth-order valence-electron chi connectivity index (χ4n) is 2.06. The van der Waals surface area contributed by atoms with Crippen molar-refractivity contribution in [2.45, 2.75) is 0 Å². The molecule has 0 radical (unpaired) electrons. The molecule has 1 amide bonds. The Morgan fingerprint density at radius 1 is 1.37 bits per heavy atom. The predicted molar refractivity (Wildman–Crippen MR) is 73.6 cm³/mol. The number of likely N-dealkylation sites (N-methyl/N-ethyl adjacent to an activating group) is 1. The van der Waals surface area contributed by atoms with Crippen LogP contribution < -0.4 is 9.64 Å². The number of amides is 1. The summed E-state index contributed by atoms with van der Waals surface area (Å²) in [5.41, 5.74) is 2.45. The van der Waals surface area contributed by atoms with E-state index in [1.165, 1.54) is 0 Å². The van der Waals surface area contributed by atoms with Gasteiger partial charge in [-0.15, -0.1) is 0 Å². The molecule has 19 heavy (non-hydrogen) atoms. The van der Waals surface area contributed by atoms with Gasteiger partial charge in [-0.2, -0.15) is 0 Å². The van der Waals surface area contributed by atoms with Crippen molar-refractivity contribution < 1.29 is 9.53 Å². The Kier molecular flexibility index (Phi) is 2.87. The topological polar surface area (TPSA) is 42.4 Å². The lowest BCUT2D eigenvalue weighted by Crippen LogP contribution is -2.35. The number of carbonyl (C=O) groups is 1. The number of pyridine rings is 1. The van der Waals surface area contributed by atoms with Gasteiger partial charge in [-0.25, -0.2) is 0 Å². The second-order valence-corrected chi connectivity index (χ2v) is 4.64. The molecular weight excluding hydrogens is 264 g/mol. The maximum atomic E-state index is 11.6. The molecule has 96 valence electrons. The summed E-state index contributed by atoms with van der Waals surface area (Å²) in [6, 6.07) is 7.48. The molecule has 2 aromatic rings. The molecule has 5 heteroatoms. The zero-order chi connectivity index (χ0) is 13.4. The molecule has 0 atom stereocenters. The van der Waals surface area contributed by atoms with Crippen molar-refractivity contribution >= 4 is 23.2 Å². The Hall–Kier alpha value is -2.07. The van der Waals surface area contributed by atoms with E-state index in [1.807, 2.05) is 24.3 Å². The summed E-state index contributed by atoms with van der Waals surface area (Å²) in [4.78, 5) is 17.2. The molecule has 0 fully saturated rings. The number of halogens is 1. The van der Waals surface area contributed by atoms with Crippen LogP contribution in [0.2, 0.25) is 5.02 Å². The van der Waals surface area contributed by atoms with Crippen molar-refractivity contribution in [3.05, 3.63) is 41.7 Å². The number of hydrogen-bond acceptors (Lipinski definition) is 3. The van der Waals surface area contributed by atoms with Gasteiger partial charge in [-0.05, 0) is 12.1 Å². The minimum Gasteiger partial charge on any atom is -0.480 e. The molecule has 1 aromatic heterocycles. The molecule has 0 saturated carbocycles. The van der Waals surface area contributed by atoms with E-state index in [0.717, 1.165) is 11.1 Å². The highest BCUT2D eigenvalue weighted by Crippen LogP contribution is 2.43. The Morgan fingerprint density at radius 2 is 2.21 bits per heavy atom. The van der Waals surface area contributed by atoms with Crippen LogP contribution in [-0.4, -0.2) is 24.5 Å². The minimum atomic E-state index is -0.0855. The Bertz CT molecular complexity index is 643. The molecule has 0 saturated heterocycles. The molecule has 1 aliphatic heterocycles. The summed E-state index contributed by atoms with van der Waals surface area (Å²) in [6.07, 6.45) is 3.45. The first-order valence-electron chi connectivity index (χ1n) is 5.80. The molecule has 0 N–H and O–H groups in total. The van der Waals surface area contributed by atoms with Crippen LogP contribution in [0.25, 0.3) is 11.1 Å². The number of carbonyl (C=O) groups excluding carboxylic acids is 1. The highest BCUT2D eigenvalue weighted by Gasteiger charge is 2.25. The van der Waals surface area contributed by atoms with Crippen LogP contribution in [-0.2, 0) is 4.79 Å². The second-order valence-electron chi connectivity index (χ2n) is 4.26. The monoisotopic (exact) mass is 274 g/mol. The van der Waals surface area contributed by atoms with Crippen LogP contribution in [0.15, 0.2) is 36.7 Å². The van der Waals surface area contributed by atoms with Crippen molar-refractivity contribution in [2.24, 2.45) is 0 Å². The number of fused-ring (bicyclic) bond motifs is 1. The molecular formula is C14H11ClN2O2. The highest BCUT2D eigenvalue weighted by atomic mass is 35.5. The molecule has 0 aliphatic carbocycles. The maximum absolute atomic E-state index is 11.6. The molecule has 0 unspecified atom stereocenters. The van der Waals surface area contributed by atoms with Crippen molar-refractivity contribution in [3.63, 3.8) is 0 Å². The van der Waals surface area contributed by atoms with Crippen molar-refractivity contribution in [1.29, 1.82) is 0 Å². The normalized spacial score (nSPS) is 14.0. The van der Waals surface area contributed by atoms with E-state index in [-0.39, 0.29) is 12.5 Å². The van der Waals surface area contributed by atoms with Gasteiger partial charge in [-0.1, -0.05) is 23.7 Å². The lowest BCUT2D eigenvalue weighted by atomic mass is 10.1. The van der Waals surface area contributed by atoms with Crippen molar-refractivity contribution in [3.8, 4) is 16.9 Å². The number of benzene rings is 1. The van der Waals surface area contributed by atoms with Gasteiger partial charge in [-0.3, -0.25) is 9.78 Å². The third kappa shape index (κ3) is 1.94. The average molecular weight is 275 g/mol. The van der Waals surface area contributed by atoms with Crippen molar-refractivity contribution in [2.75, 3.05) is 18.6 Å². The number of rotatable bonds is 1. The largest absolute Gasteiger partial charge is 0.480 e. The number of anilines is 1. The summed E-state index contributed by atoms with van der Waals surface area (Å²) in [5.74, 6) is 0.461. The Morgan fingerprint density at radius 3 is 2.95 bits per heavy atom. The van der Waals surface area contributed by atoms with Gasteiger partial charge in [0.2, 0.25) is 0 Å². The van der Waals surface area contributed by atoms with Crippen LogP contribution >= 0.6 is 11.6 Å². The van der Waals surface area contributed by atoms with Gasteiger partial charge >= 0.3 is 0 Å². The van der Waals surface area contributed by atoms with E-state index in [2.05, 4.69) is 4.98 Å². The third-order valence-electron chi connectivity index (χ3n) is 3.12. The first-order valence-corrected chi connectivity index (χ1v) is 6.18. The van der Waals surface area contributed by atoms with Crippen molar-refractivity contribution in [1.82, 2.24) is 4.98 Å². The SMILES string of the molecule is CN1C(=O)COc2c1ccc(-c1cccnc1)c2Cl. The zero-order valence-electron chi connectivity index (χ0n) is 10.3. The van der Waals surface area contributed by atoms with Gasteiger partial charge in [0, 0.05) is 30.6 Å². The lowest BCUT2D eigenvalue weighted by molar-refractivity contribution is -0.120. The summed E-state index contributed by atoms with van der Waals surface area (Å²) in [7, 11) is 1.71. The van der Waals surface area contributed by atoms with E-state index in [0.29, 0.717) is 16.5 Å². The molecule has 0 bridgehead atoms. The van der Waals surface area contributed by atoms with E-state index < -0.39 is 0 Å². The Balaban J connectivity index is 2.14. The fourth-order valence-corrected chi connectivity index (χ4v) is 2.38. The van der Waals surface area contributed by atoms with E-state index in [1.54, 1.807) is 24.3 Å². The summed E-state index contributed by atoms with van der Waals surface area (Å²) >= 11 is 6.38. The standard InChI is InChI=1S/C14H11ClN2O2/c1-17-11-5-4-10(9-3-2-6-16-7-9)13(15)14(11)19-8-12(17)18/h2-7H,8H2,1H3. The average Bonchev–Trinajstić information content (AvgIpc) is 2.44. The molecule has 3 rings (SSSR count). The van der Waals surface area contributed by atoms with Gasteiger partial charge < -0.3 is 9.64 Å².